The molecule has 4 aromatic rings. The highest BCUT2D eigenvalue weighted by molar-refractivity contribution is 6.01. The number of aryl methyl sites for hydroxylation is 1. The van der Waals surface area contributed by atoms with E-state index in [4.69, 9.17) is 5.11 Å². The number of rotatable bonds is 7. The lowest BCUT2D eigenvalue weighted by Gasteiger charge is -2.19. The SMILES string of the molecule is Cc1nc(C(=O)NCCC(=O)O)c(O)c2cc(C(c3ccccc3)c3ccccc3)c(=O)[nH]c12. The van der Waals surface area contributed by atoms with Gasteiger partial charge in [-0.3, -0.25) is 14.4 Å². The summed E-state index contributed by atoms with van der Waals surface area (Å²) in [5.74, 6) is -2.54. The van der Waals surface area contributed by atoms with Gasteiger partial charge in [0.2, 0.25) is 0 Å². The molecule has 0 fully saturated rings. The van der Waals surface area contributed by atoms with Crippen molar-refractivity contribution in [2.45, 2.75) is 19.3 Å². The van der Waals surface area contributed by atoms with Crippen molar-refractivity contribution in [2.75, 3.05) is 6.54 Å². The third-order valence-electron chi connectivity index (χ3n) is 5.61. The second-order valence-electron chi connectivity index (χ2n) is 7.89. The van der Waals surface area contributed by atoms with Gasteiger partial charge >= 0.3 is 5.97 Å². The number of H-pyrrole nitrogens is 1. The Morgan fingerprint density at radius 3 is 2.18 bits per heavy atom. The lowest BCUT2D eigenvalue weighted by Crippen LogP contribution is -2.27. The fourth-order valence-electron chi connectivity index (χ4n) is 4.00. The number of amides is 1. The van der Waals surface area contributed by atoms with Crippen LogP contribution in [0.5, 0.6) is 5.75 Å². The maximum Gasteiger partial charge on any atom is 0.305 e. The van der Waals surface area contributed by atoms with E-state index in [2.05, 4.69) is 15.3 Å². The van der Waals surface area contributed by atoms with Gasteiger partial charge in [-0.25, -0.2) is 4.98 Å². The van der Waals surface area contributed by atoms with Crippen LogP contribution >= 0.6 is 0 Å². The first-order valence-corrected chi connectivity index (χ1v) is 10.7. The molecule has 0 saturated heterocycles. The number of nitrogens with one attached hydrogen (secondary N) is 2. The summed E-state index contributed by atoms with van der Waals surface area (Å²) in [5.41, 5.74) is 2.33. The van der Waals surface area contributed by atoms with Crippen molar-refractivity contribution in [3.63, 3.8) is 0 Å². The molecule has 0 saturated carbocycles. The Hall–Kier alpha value is -4.46. The first kappa shape index (κ1) is 22.7. The number of aliphatic carboxylic acids is 1. The number of aromatic amines is 1. The second kappa shape index (κ2) is 9.58. The van der Waals surface area contributed by atoms with Crippen LogP contribution in [0.4, 0.5) is 0 Å². The number of aromatic nitrogens is 2. The molecule has 8 heteroatoms. The Morgan fingerprint density at radius 1 is 1.03 bits per heavy atom. The molecule has 0 bridgehead atoms. The number of carboxylic acid groups (broad SMARTS) is 1. The monoisotopic (exact) mass is 457 g/mol. The molecule has 172 valence electrons. The highest BCUT2D eigenvalue weighted by atomic mass is 16.4. The van der Waals surface area contributed by atoms with Crippen molar-refractivity contribution in [1.82, 2.24) is 15.3 Å². The van der Waals surface area contributed by atoms with Crippen molar-refractivity contribution in [2.24, 2.45) is 0 Å². The molecule has 1 amide bonds. The third kappa shape index (κ3) is 4.52. The molecule has 2 aromatic heterocycles. The first-order valence-electron chi connectivity index (χ1n) is 10.7. The molecule has 8 nitrogen and oxygen atoms in total. The minimum absolute atomic E-state index is 0.104. The van der Waals surface area contributed by atoms with Crippen LogP contribution in [0.3, 0.4) is 0 Å². The zero-order chi connectivity index (χ0) is 24.2. The van der Waals surface area contributed by atoms with Gasteiger partial charge in [-0.05, 0) is 24.1 Å². The normalized spacial score (nSPS) is 11.0. The lowest BCUT2D eigenvalue weighted by molar-refractivity contribution is -0.136. The number of hydrogen-bond acceptors (Lipinski definition) is 5. The quantitative estimate of drug-likeness (QED) is 0.337. The first-order chi connectivity index (χ1) is 16.4. The Morgan fingerprint density at radius 2 is 1.62 bits per heavy atom. The van der Waals surface area contributed by atoms with Gasteiger partial charge in [0.15, 0.2) is 11.4 Å². The van der Waals surface area contributed by atoms with Gasteiger partial charge in [0.25, 0.3) is 11.5 Å². The lowest BCUT2D eigenvalue weighted by atomic mass is 9.85. The van der Waals surface area contributed by atoms with Crippen LogP contribution < -0.4 is 10.9 Å². The number of carbonyl (C=O) groups excluding carboxylic acids is 1. The van der Waals surface area contributed by atoms with E-state index in [1.165, 1.54) is 0 Å². The Balaban J connectivity index is 1.87. The van der Waals surface area contributed by atoms with E-state index in [1.54, 1.807) is 13.0 Å². The van der Waals surface area contributed by atoms with Crippen LogP contribution in [0, 0.1) is 6.92 Å². The predicted octanol–water partition coefficient (Wildman–Crippen LogP) is 3.32. The zero-order valence-corrected chi connectivity index (χ0v) is 18.4. The van der Waals surface area contributed by atoms with E-state index in [0.717, 1.165) is 11.1 Å². The highest BCUT2D eigenvalue weighted by Gasteiger charge is 2.24. The molecule has 0 radical (unpaired) electrons. The highest BCUT2D eigenvalue weighted by Crippen LogP contribution is 2.34. The van der Waals surface area contributed by atoms with E-state index in [-0.39, 0.29) is 35.4 Å². The molecule has 2 heterocycles. The molecule has 0 aliphatic heterocycles. The summed E-state index contributed by atoms with van der Waals surface area (Å²) >= 11 is 0. The van der Waals surface area contributed by atoms with E-state index in [0.29, 0.717) is 16.8 Å². The van der Waals surface area contributed by atoms with Gasteiger partial charge < -0.3 is 20.5 Å². The number of aromatic hydroxyl groups is 1. The molecule has 0 aliphatic carbocycles. The molecule has 0 unspecified atom stereocenters. The standard InChI is InChI=1S/C26H23N3O5/c1-15-22-19(24(32)23(28-15)26(34)27-13-12-20(30)31)14-18(25(33)29-22)21(16-8-4-2-5-9-16)17-10-6-3-7-11-17/h2-11,14,21,32H,12-13H2,1H3,(H,27,34)(H,29,33)(H,30,31). The summed E-state index contributed by atoms with van der Waals surface area (Å²) in [6.45, 7) is 1.52. The maximum atomic E-state index is 13.2. The number of benzene rings is 2. The third-order valence-corrected chi connectivity index (χ3v) is 5.61. The van der Waals surface area contributed by atoms with Gasteiger partial charge in [0, 0.05) is 23.4 Å². The fraction of sp³-hybridized carbons (Fsp3) is 0.154. The second-order valence-corrected chi connectivity index (χ2v) is 7.89. The van der Waals surface area contributed by atoms with Gasteiger partial charge in [-0.1, -0.05) is 60.7 Å². The minimum atomic E-state index is -1.05. The number of carbonyl (C=O) groups is 2. The van der Waals surface area contributed by atoms with Crippen LogP contribution in [0.25, 0.3) is 10.9 Å². The summed E-state index contributed by atoms with van der Waals surface area (Å²) in [7, 11) is 0. The number of carboxylic acids is 1. The summed E-state index contributed by atoms with van der Waals surface area (Å²) in [4.78, 5) is 43.5. The molecule has 0 spiro atoms. The molecular weight excluding hydrogens is 434 g/mol. The van der Waals surface area contributed by atoms with E-state index in [9.17, 15) is 19.5 Å². The topological polar surface area (TPSA) is 132 Å². The number of nitrogens with zero attached hydrogens (tertiary/aromatic N) is 1. The van der Waals surface area contributed by atoms with Crippen molar-refractivity contribution in [1.29, 1.82) is 0 Å². The molecule has 0 aliphatic rings. The van der Waals surface area contributed by atoms with Gasteiger partial charge in [0.1, 0.15) is 0 Å². The number of fused-ring (bicyclic) bond motifs is 1. The van der Waals surface area contributed by atoms with Crippen LogP contribution in [0.15, 0.2) is 71.5 Å². The van der Waals surface area contributed by atoms with Crippen LogP contribution in [0.2, 0.25) is 0 Å². The number of pyridine rings is 2. The molecule has 0 atom stereocenters. The molecule has 2 aromatic carbocycles. The van der Waals surface area contributed by atoms with E-state index < -0.39 is 17.8 Å². The summed E-state index contributed by atoms with van der Waals surface area (Å²) in [6, 6.07) is 20.7. The fourth-order valence-corrected chi connectivity index (χ4v) is 4.00. The Bertz CT molecular complexity index is 1380. The van der Waals surface area contributed by atoms with Crippen molar-refractivity contribution >= 4 is 22.8 Å². The summed E-state index contributed by atoms with van der Waals surface area (Å²) in [6.07, 6.45) is -0.258. The van der Waals surface area contributed by atoms with Crippen LogP contribution in [0.1, 0.15) is 45.2 Å². The van der Waals surface area contributed by atoms with Crippen molar-refractivity contribution < 1.29 is 19.8 Å². The van der Waals surface area contributed by atoms with Crippen LogP contribution in [-0.2, 0) is 4.79 Å². The Labute approximate surface area is 194 Å². The summed E-state index contributed by atoms with van der Waals surface area (Å²) in [5, 5.41) is 22.4. The average Bonchev–Trinajstić information content (AvgIpc) is 2.83. The van der Waals surface area contributed by atoms with Gasteiger partial charge in [-0.2, -0.15) is 0 Å². The van der Waals surface area contributed by atoms with Crippen molar-refractivity contribution in [3.05, 3.63) is 105 Å². The Kier molecular flexibility index (Phi) is 6.40. The average molecular weight is 457 g/mol. The van der Waals surface area contributed by atoms with Crippen LogP contribution in [-0.4, -0.2) is 38.6 Å². The summed E-state index contributed by atoms with van der Waals surface area (Å²) < 4.78 is 0. The molecule has 34 heavy (non-hydrogen) atoms. The van der Waals surface area contributed by atoms with E-state index >= 15 is 0 Å². The minimum Gasteiger partial charge on any atom is -0.505 e. The van der Waals surface area contributed by atoms with Crippen molar-refractivity contribution in [3.8, 4) is 5.75 Å². The van der Waals surface area contributed by atoms with Gasteiger partial charge in [0.05, 0.1) is 17.6 Å². The molecule has 4 rings (SSSR count). The smallest absolute Gasteiger partial charge is 0.305 e. The van der Waals surface area contributed by atoms with E-state index in [1.807, 2.05) is 60.7 Å². The predicted molar refractivity (Wildman–Crippen MR) is 127 cm³/mol. The van der Waals surface area contributed by atoms with Gasteiger partial charge in [-0.15, -0.1) is 0 Å². The largest absolute Gasteiger partial charge is 0.505 e. The zero-order valence-electron chi connectivity index (χ0n) is 18.4. The maximum absolute atomic E-state index is 13.2. The molecular formula is C26H23N3O5. The number of hydrogen-bond donors (Lipinski definition) is 4. The molecule has 4 N–H and O–H groups in total.